The van der Waals surface area contributed by atoms with Crippen LogP contribution >= 0.6 is 55.1 Å². The standard InChI is InChI=1S/C24H17Br2Cl2N3O2/c1-2-22-30-21-8-7-17(26)11-18(21)24(32)31(22)29-12-15-9-19(27)23(20(28)10-15)33-13-14-3-5-16(25)6-4-14/h3-12H,2,13H2,1H3. The van der Waals surface area contributed by atoms with Crippen LogP contribution in [0.1, 0.15) is 23.9 Å². The Kier molecular flexibility index (Phi) is 7.54. The third kappa shape index (κ3) is 5.49. The predicted octanol–water partition coefficient (Wildman–Crippen LogP) is 7.25. The van der Waals surface area contributed by atoms with Crippen molar-refractivity contribution < 1.29 is 4.74 Å². The fraction of sp³-hybridized carbons (Fsp3) is 0.125. The summed E-state index contributed by atoms with van der Waals surface area (Å²) in [4.78, 5) is 17.6. The third-order valence-corrected chi connectivity index (χ3v) is 6.41. The minimum absolute atomic E-state index is 0.249. The lowest BCUT2D eigenvalue weighted by Crippen LogP contribution is -2.22. The van der Waals surface area contributed by atoms with Crippen molar-refractivity contribution in [3.63, 3.8) is 0 Å². The van der Waals surface area contributed by atoms with Gasteiger partial charge in [0.05, 0.1) is 27.2 Å². The molecule has 0 radical (unpaired) electrons. The van der Waals surface area contributed by atoms with E-state index < -0.39 is 0 Å². The Morgan fingerprint density at radius 3 is 2.36 bits per heavy atom. The Morgan fingerprint density at radius 1 is 1.03 bits per heavy atom. The molecule has 9 heteroatoms. The van der Waals surface area contributed by atoms with E-state index in [9.17, 15) is 4.79 Å². The van der Waals surface area contributed by atoms with Gasteiger partial charge in [0.2, 0.25) is 0 Å². The number of hydrogen-bond acceptors (Lipinski definition) is 4. The van der Waals surface area contributed by atoms with Crippen molar-refractivity contribution in [1.82, 2.24) is 9.66 Å². The van der Waals surface area contributed by atoms with Crippen molar-refractivity contribution in [2.75, 3.05) is 0 Å². The molecule has 0 bridgehead atoms. The van der Waals surface area contributed by atoms with Crippen molar-refractivity contribution in [1.29, 1.82) is 0 Å². The molecule has 0 saturated heterocycles. The number of fused-ring (bicyclic) bond motifs is 1. The Hall–Kier alpha value is -2.19. The summed E-state index contributed by atoms with van der Waals surface area (Å²) in [5.41, 5.74) is 1.99. The minimum Gasteiger partial charge on any atom is -0.486 e. The summed E-state index contributed by atoms with van der Waals surface area (Å²) in [5.74, 6) is 0.944. The fourth-order valence-electron chi connectivity index (χ4n) is 3.20. The average molecular weight is 610 g/mol. The maximum atomic E-state index is 13.0. The number of nitrogens with zero attached hydrogens (tertiary/aromatic N) is 3. The first-order chi connectivity index (χ1) is 15.9. The van der Waals surface area contributed by atoms with E-state index in [1.54, 1.807) is 24.3 Å². The van der Waals surface area contributed by atoms with Gasteiger partial charge in [-0.05, 0) is 53.6 Å². The normalized spacial score (nSPS) is 11.4. The van der Waals surface area contributed by atoms with E-state index in [1.165, 1.54) is 10.9 Å². The Balaban J connectivity index is 1.62. The minimum atomic E-state index is -0.249. The molecule has 1 aromatic heterocycles. The number of rotatable bonds is 6. The summed E-state index contributed by atoms with van der Waals surface area (Å²) in [7, 11) is 0. The number of ether oxygens (including phenoxy) is 1. The first kappa shape index (κ1) is 24.0. The maximum absolute atomic E-state index is 13.0. The maximum Gasteiger partial charge on any atom is 0.282 e. The monoisotopic (exact) mass is 607 g/mol. The summed E-state index contributed by atoms with van der Waals surface area (Å²) in [5, 5.41) is 5.56. The van der Waals surface area contributed by atoms with Gasteiger partial charge in [0, 0.05) is 15.4 Å². The van der Waals surface area contributed by atoms with E-state index in [0.717, 1.165) is 14.5 Å². The van der Waals surface area contributed by atoms with Crippen molar-refractivity contribution in [3.05, 3.63) is 101 Å². The van der Waals surface area contributed by atoms with E-state index in [1.807, 2.05) is 37.3 Å². The second-order valence-corrected chi connectivity index (χ2v) is 9.78. The van der Waals surface area contributed by atoms with Crippen molar-refractivity contribution in [2.24, 2.45) is 5.10 Å². The van der Waals surface area contributed by atoms with Crippen LogP contribution in [0, 0.1) is 0 Å². The van der Waals surface area contributed by atoms with Gasteiger partial charge >= 0.3 is 0 Å². The van der Waals surface area contributed by atoms with Gasteiger partial charge in [-0.25, -0.2) is 4.98 Å². The highest BCUT2D eigenvalue weighted by atomic mass is 79.9. The molecule has 5 nitrogen and oxygen atoms in total. The van der Waals surface area contributed by atoms with E-state index in [0.29, 0.717) is 51.1 Å². The molecular weight excluding hydrogens is 593 g/mol. The molecule has 0 spiro atoms. The van der Waals surface area contributed by atoms with Crippen LogP contribution in [0.15, 0.2) is 73.4 Å². The van der Waals surface area contributed by atoms with Crippen molar-refractivity contribution >= 4 is 72.2 Å². The number of benzene rings is 3. The highest BCUT2D eigenvalue weighted by molar-refractivity contribution is 9.10. The number of halogens is 4. The molecule has 168 valence electrons. The van der Waals surface area contributed by atoms with Gasteiger partial charge in [0.1, 0.15) is 12.4 Å². The van der Waals surface area contributed by atoms with E-state index in [-0.39, 0.29) is 5.56 Å². The smallest absolute Gasteiger partial charge is 0.282 e. The summed E-state index contributed by atoms with van der Waals surface area (Å²) < 4.78 is 8.92. The molecule has 0 aliphatic rings. The summed E-state index contributed by atoms with van der Waals surface area (Å²) >= 11 is 19.7. The molecule has 33 heavy (non-hydrogen) atoms. The summed E-state index contributed by atoms with van der Waals surface area (Å²) in [6.07, 6.45) is 2.07. The predicted molar refractivity (Wildman–Crippen MR) is 141 cm³/mol. The number of hydrogen-bond donors (Lipinski definition) is 0. The largest absolute Gasteiger partial charge is 0.486 e. The molecule has 0 saturated carbocycles. The molecule has 4 aromatic rings. The van der Waals surface area contributed by atoms with Crippen LogP contribution in [0.25, 0.3) is 10.9 Å². The molecule has 0 N–H and O–H groups in total. The lowest BCUT2D eigenvalue weighted by Gasteiger charge is -2.11. The molecule has 0 aliphatic heterocycles. The second kappa shape index (κ2) is 10.4. The first-order valence-corrected chi connectivity index (χ1v) is 12.3. The van der Waals surface area contributed by atoms with Crippen LogP contribution in [-0.2, 0) is 13.0 Å². The van der Waals surface area contributed by atoms with Gasteiger partial charge < -0.3 is 4.74 Å². The van der Waals surface area contributed by atoms with Crippen molar-refractivity contribution in [2.45, 2.75) is 20.0 Å². The Morgan fingerprint density at radius 2 is 1.70 bits per heavy atom. The number of aryl methyl sites for hydroxylation is 1. The van der Waals surface area contributed by atoms with E-state index in [4.69, 9.17) is 27.9 Å². The number of aromatic nitrogens is 2. The van der Waals surface area contributed by atoms with Crippen LogP contribution in [0.5, 0.6) is 5.75 Å². The van der Waals surface area contributed by atoms with Crippen LogP contribution < -0.4 is 10.3 Å². The fourth-order valence-corrected chi connectivity index (χ4v) is 4.43. The van der Waals surface area contributed by atoms with Crippen LogP contribution in [0.4, 0.5) is 0 Å². The first-order valence-electron chi connectivity index (χ1n) is 9.97. The third-order valence-electron chi connectivity index (χ3n) is 4.83. The van der Waals surface area contributed by atoms with Crippen LogP contribution in [-0.4, -0.2) is 15.9 Å². The van der Waals surface area contributed by atoms with Gasteiger partial charge in [0.25, 0.3) is 5.56 Å². The van der Waals surface area contributed by atoms with E-state index in [2.05, 4.69) is 41.9 Å². The van der Waals surface area contributed by atoms with Gasteiger partial charge in [-0.15, -0.1) is 0 Å². The highest BCUT2D eigenvalue weighted by Gasteiger charge is 2.12. The molecule has 0 aliphatic carbocycles. The van der Waals surface area contributed by atoms with Gasteiger partial charge in [0.15, 0.2) is 5.75 Å². The summed E-state index contributed by atoms with van der Waals surface area (Å²) in [6.45, 7) is 2.25. The lowest BCUT2D eigenvalue weighted by molar-refractivity contribution is 0.306. The molecule has 0 unspecified atom stereocenters. The molecule has 1 heterocycles. The topological polar surface area (TPSA) is 56.5 Å². The SMILES string of the molecule is CCc1nc2ccc(Br)cc2c(=O)n1N=Cc1cc(Cl)c(OCc2ccc(Br)cc2)c(Cl)c1. The quantitative estimate of drug-likeness (QED) is 0.216. The van der Waals surface area contributed by atoms with Gasteiger partial charge in [-0.1, -0.05) is 74.1 Å². The Labute approximate surface area is 217 Å². The molecular formula is C24H17Br2Cl2N3O2. The van der Waals surface area contributed by atoms with Crippen LogP contribution in [0.3, 0.4) is 0 Å². The lowest BCUT2D eigenvalue weighted by atomic mass is 10.2. The molecule has 3 aromatic carbocycles. The van der Waals surface area contributed by atoms with Gasteiger partial charge in [-0.2, -0.15) is 9.78 Å². The van der Waals surface area contributed by atoms with Crippen LogP contribution in [0.2, 0.25) is 10.0 Å². The zero-order valence-electron chi connectivity index (χ0n) is 17.4. The molecule has 0 amide bonds. The highest BCUT2D eigenvalue weighted by Crippen LogP contribution is 2.34. The van der Waals surface area contributed by atoms with Crippen molar-refractivity contribution in [3.8, 4) is 5.75 Å². The summed E-state index contributed by atoms with van der Waals surface area (Å²) in [6, 6.07) is 16.6. The Bertz CT molecular complexity index is 1400. The second-order valence-electron chi connectivity index (χ2n) is 7.13. The average Bonchev–Trinajstić information content (AvgIpc) is 2.79. The zero-order chi connectivity index (χ0) is 23.5. The van der Waals surface area contributed by atoms with E-state index >= 15 is 0 Å². The molecule has 4 rings (SSSR count). The zero-order valence-corrected chi connectivity index (χ0v) is 22.0. The molecule has 0 fully saturated rings. The van der Waals surface area contributed by atoms with Gasteiger partial charge in [-0.3, -0.25) is 4.79 Å². The molecule has 0 atom stereocenters.